The zero-order chi connectivity index (χ0) is 14.7. The molecule has 1 saturated heterocycles. The number of piperazine rings is 1. The van der Waals surface area contributed by atoms with Crippen molar-refractivity contribution in [3.63, 3.8) is 0 Å². The Bertz CT molecular complexity index is 493. The monoisotopic (exact) mass is 279 g/mol. The second-order valence-corrected chi connectivity index (χ2v) is 4.76. The topological polar surface area (TPSA) is 86.9 Å². The van der Waals surface area contributed by atoms with E-state index in [2.05, 4.69) is 4.90 Å². The summed E-state index contributed by atoms with van der Waals surface area (Å²) in [5.41, 5.74) is 0.969. The van der Waals surface area contributed by atoms with Crippen molar-refractivity contribution in [1.29, 1.82) is 0 Å². The number of non-ortho nitro benzene ring substituents is 1. The van der Waals surface area contributed by atoms with Gasteiger partial charge in [0.1, 0.15) is 6.10 Å². The minimum atomic E-state index is -0.971. The molecule has 1 atom stereocenters. The summed E-state index contributed by atoms with van der Waals surface area (Å²) < 4.78 is 0. The van der Waals surface area contributed by atoms with Gasteiger partial charge in [-0.1, -0.05) is 0 Å². The second-order valence-electron chi connectivity index (χ2n) is 4.76. The minimum absolute atomic E-state index is 0.0664. The molecule has 1 aliphatic heterocycles. The average Bonchev–Trinajstić information content (AvgIpc) is 2.46. The quantitative estimate of drug-likeness (QED) is 0.647. The van der Waals surface area contributed by atoms with E-state index in [1.54, 1.807) is 17.0 Å². The van der Waals surface area contributed by atoms with E-state index in [1.165, 1.54) is 19.1 Å². The van der Waals surface area contributed by atoms with Crippen molar-refractivity contribution in [3.8, 4) is 0 Å². The van der Waals surface area contributed by atoms with Gasteiger partial charge in [-0.15, -0.1) is 0 Å². The van der Waals surface area contributed by atoms with E-state index in [9.17, 15) is 20.0 Å². The predicted molar refractivity (Wildman–Crippen MR) is 73.6 cm³/mol. The van der Waals surface area contributed by atoms with Gasteiger partial charge in [-0.25, -0.2) is 0 Å². The third kappa shape index (κ3) is 3.05. The molecule has 108 valence electrons. The molecule has 1 aromatic carbocycles. The largest absolute Gasteiger partial charge is 0.384 e. The summed E-state index contributed by atoms with van der Waals surface area (Å²) in [5.74, 6) is -0.256. The number of benzene rings is 1. The summed E-state index contributed by atoms with van der Waals surface area (Å²) in [6.07, 6.45) is -0.971. The lowest BCUT2D eigenvalue weighted by atomic mass is 10.2. The third-order valence-electron chi connectivity index (χ3n) is 3.37. The van der Waals surface area contributed by atoms with Crippen LogP contribution in [0.5, 0.6) is 0 Å². The van der Waals surface area contributed by atoms with Crippen molar-refractivity contribution < 1.29 is 14.8 Å². The average molecular weight is 279 g/mol. The Morgan fingerprint density at radius 2 is 1.80 bits per heavy atom. The van der Waals surface area contributed by atoms with E-state index in [1.807, 2.05) is 0 Å². The lowest BCUT2D eigenvalue weighted by Crippen LogP contribution is -2.51. The summed E-state index contributed by atoms with van der Waals surface area (Å²) in [6, 6.07) is 6.37. The molecule has 20 heavy (non-hydrogen) atoms. The highest BCUT2D eigenvalue weighted by atomic mass is 16.6. The first-order valence-corrected chi connectivity index (χ1v) is 6.45. The lowest BCUT2D eigenvalue weighted by molar-refractivity contribution is -0.384. The number of hydrogen-bond acceptors (Lipinski definition) is 5. The number of nitrogens with zero attached hydrogens (tertiary/aromatic N) is 3. The fourth-order valence-electron chi connectivity index (χ4n) is 2.23. The predicted octanol–water partition coefficient (Wildman–Crippen LogP) is 0.624. The maximum Gasteiger partial charge on any atom is 0.269 e. The van der Waals surface area contributed by atoms with Gasteiger partial charge < -0.3 is 14.9 Å². The van der Waals surface area contributed by atoms with E-state index >= 15 is 0 Å². The van der Waals surface area contributed by atoms with Gasteiger partial charge in [0.15, 0.2) is 0 Å². The van der Waals surface area contributed by atoms with E-state index < -0.39 is 11.0 Å². The van der Waals surface area contributed by atoms with Crippen molar-refractivity contribution in [2.24, 2.45) is 0 Å². The van der Waals surface area contributed by atoms with Crippen LogP contribution in [-0.2, 0) is 4.79 Å². The van der Waals surface area contributed by atoms with Gasteiger partial charge >= 0.3 is 0 Å². The number of amides is 1. The summed E-state index contributed by atoms with van der Waals surface area (Å²) in [4.78, 5) is 25.5. The molecule has 1 amide bonds. The van der Waals surface area contributed by atoms with Crippen LogP contribution in [-0.4, -0.2) is 53.1 Å². The van der Waals surface area contributed by atoms with Crippen LogP contribution in [0.3, 0.4) is 0 Å². The van der Waals surface area contributed by atoms with Crippen LogP contribution >= 0.6 is 0 Å². The van der Waals surface area contributed by atoms with Crippen molar-refractivity contribution in [3.05, 3.63) is 34.4 Å². The first-order chi connectivity index (χ1) is 9.49. The molecule has 7 nitrogen and oxygen atoms in total. The van der Waals surface area contributed by atoms with Gasteiger partial charge in [0.05, 0.1) is 4.92 Å². The molecule has 0 aromatic heterocycles. The summed E-state index contributed by atoms with van der Waals surface area (Å²) in [7, 11) is 0. The summed E-state index contributed by atoms with van der Waals surface area (Å²) in [5, 5.41) is 19.9. The Labute approximate surface area is 116 Å². The molecule has 0 bridgehead atoms. The number of rotatable bonds is 3. The Balaban J connectivity index is 1.97. The van der Waals surface area contributed by atoms with Gasteiger partial charge in [-0.2, -0.15) is 0 Å². The number of carbonyl (C=O) groups excluding carboxylic acids is 1. The van der Waals surface area contributed by atoms with E-state index in [4.69, 9.17) is 0 Å². The molecule has 7 heteroatoms. The van der Waals surface area contributed by atoms with Gasteiger partial charge in [0, 0.05) is 44.0 Å². The first-order valence-electron chi connectivity index (χ1n) is 6.45. The second kappa shape index (κ2) is 5.87. The fourth-order valence-corrected chi connectivity index (χ4v) is 2.23. The Morgan fingerprint density at radius 1 is 1.25 bits per heavy atom. The molecule has 1 aromatic rings. The maximum absolute atomic E-state index is 11.6. The maximum atomic E-state index is 11.6. The van der Waals surface area contributed by atoms with Crippen LogP contribution in [0.2, 0.25) is 0 Å². The van der Waals surface area contributed by atoms with Crippen LogP contribution in [0.4, 0.5) is 11.4 Å². The third-order valence-corrected chi connectivity index (χ3v) is 3.37. The van der Waals surface area contributed by atoms with Gasteiger partial charge in [0.2, 0.25) is 0 Å². The van der Waals surface area contributed by atoms with E-state index in [0.717, 1.165) is 5.69 Å². The van der Waals surface area contributed by atoms with E-state index in [-0.39, 0.29) is 11.6 Å². The summed E-state index contributed by atoms with van der Waals surface area (Å²) in [6.45, 7) is 3.85. The Hall–Kier alpha value is -2.15. The van der Waals surface area contributed by atoms with Crippen molar-refractivity contribution in [1.82, 2.24) is 4.90 Å². The highest BCUT2D eigenvalue weighted by Crippen LogP contribution is 2.20. The molecule has 1 fully saturated rings. The summed E-state index contributed by atoms with van der Waals surface area (Å²) >= 11 is 0. The molecular formula is C13H17N3O4. The van der Waals surface area contributed by atoms with Crippen LogP contribution in [0.15, 0.2) is 24.3 Å². The van der Waals surface area contributed by atoms with Crippen LogP contribution < -0.4 is 4.90 Å². The van der Waals surface area contributed by atoms with E-state index in [0.29, 0.717) is 26.2 Å². The van der Waals surface area contributed by atoms with Crippen LogP contribution in [0.25, 0.3) is 0 Å². The van der Waals surface area contributed by atoms with Crippen LogP contribution in [0, 0.1) is 10.1 Å². The minimum Gasteiger partial charge on any atom is -0.384 e. The zero-order valence-electron chi connectivity index (χ0n) is 11.2. The molecule has 0 radical (unpaired) electrons. The number of nitro groups is 1. The molecule has 1 heterocycles. The normalized spacial score (nSPS) is 16.9. The molecule has 0 aliphatic carbocycles. The van der Waals surface area contributed by atoms with Crippen molar-refractivity contribution in [2.45, 2.75) is 13.0 Å². The number of aliphatic hydroxyl groups is 1. The SMILES string of the molecule is CC(O)C(=O)N1CCN(c2ccc([N+](=O)[O-])cc2)CC1. The zero-order valence-corrected chi connectivity index (χ0v) is 11.2. The molecule has 2 rings (SSSR count). The Kier molecular flexibility index (Phi) is 4.19. The number of hydrogen-bond donors (Lipinski definition) is 1. The molecule has 1 aliphatic rings. The molecule has 1 unspecified atom stereocenters. The van der Waals surface area contributed by atoms with Gasteiger partial charge in [-0.3, -0.25) is 14.9 Å². The van der Waals surface area contributed by atoms with Gasteiger partial charge in [0.25, 0.3) is 11.6 Å². The number of aliphatic hydroxyl groups excluding tert-OH is 1. The highest BCUT2D eigenvalue weighted by Gasteiger charge is 2.23. The molecule has 1 N–H and O–H groups in total. The smallest absolute Gasteiger partial charge is 0.269 e. The standard InChI is InChI=1S/C13H17N3O4/c1-10(17)13(18)15-8-6-14(7-9-15)11-2-4-12(5-3-11)16(19)20/h2-5,10,17H,6-9H2,1H3. The molecular weight excluding hydrogens is 262 g/mol. The van der Waals surface area contributed by atoms with Gasteiger partial charge in [-0.05, 0) is 19.1 Å². The molecule has 0 saturated carbocycles. The van der Waals surface area contributed by atoms with Crippen molar-refractivity contribution >= 4 is 17.3 Å². The lowest BCUT2D eigenvalue weighted by Gasteiger charge is -2.36. The highest BCUT2D eigenvalue weighted by molar-refractivity contribution is 5.80. The Morgan fingerprint density at radius 3 is 2.25 bits per heavy atom. The van der Waals surface area contributed by atoms with Crippen LogP contribution in [0.1, 0.15) is 6.92 Å². The first kappa shape index (κ1) is 14.3. The fraction of sp³-hybridized carbons (Fsp3) is 0.462. The molecule has 0 spiro atoms. The number of carbonyl (C=O) groups is 1. The van der Waals surface area contributed by atoms with Crippen molar-refractivity contribution in [2.75, 3.05) is 31.1 Å². The number of nitro benzene ring substituents is 1. The number of anilines is 1.